The van der Waals surface area contributed by atoms with Gasteiger partial charge in [0.25, 0.3) is 0 Å². The highest BCUT2D eigenvalue weighted by molar-refractivity contribution is 14.0. The maximum atomic E-state index is 5.36. The molecule has 1 heterocycles. The molecule has 0 saturated carbocycles. The highest BCUT2D eigenvalue weighted by Crippen LogP contribution is 2.24. The van der Waals surface area contributed by atoms with E-state index in [1.165, 1.54) is 5.56 Å². The molecule has 2 rings (SSSR count). The van der Waals surface area contributed by atoms with Crippen molar-refractivity contribution in [1.29, 1.82) is 0 Å². The minimum absolute atomic E-state index is 0. The van der Waals surface area contributed by atoms with Crippen molar-refractivity contribution < 1.29 is 9.47 Å². The van der Waals surface area contributed by atoms with Crippen LogP contribution >= 0.6 is 24.0 Å². The van der Waals surface area contributed by atoms with E-state index < -0.39 is 0 Å². The van der Waals surface area contributed by atoms with E-state index in [2.05, 4.69) is 28.6 Å². The molecule has 0 aromatic heterocycles. The van der Waals surface area contributed by atoms with Crippen molar-refractivity contribution in [3.8, 4) is 5.75 Å². The Morgan fingerprint density at radius 3 is 2.64 bits per heavy atom. The van der Waals surface area contributed by atoms with Crippen molar-refractivity contribution in [3.05, 3.63) is 29.8 Å². The van der Waals surface area contributed by atoms with E-state index in [0.29, 0.717) is 0 Å². The van der Waals surface area contributed by atoms with Crippen LogP contribution in [-0.4, -0.2) is 46.4 Å². The molecule has 124 valence electrons. The Morgan fingerprint density at radius 1 is 1.32 bits per heavy atom. The first-order chi connectivity index (χ1) is 10.2. The number of nitrogens with one attached hydrogen (secondary N) is 2. The van der Waals surface area contributed by atoms with E-state index in [-0.39, 0.29) is 29.4 Å². The quantitative estimate of drug-likeness (QED) is 0.421. The second kappa shape index (κ2) is 9.19. The number of ether oxygens (including phenoxy) is 2. The number of benzene rings is 1. The first kappa shape index (κ1) is 19.0. The molecule has 0 atom stereocenters. The summed E-state index contributed by atoms with van der Waals surface area (Å²) in [7, 11) is 3.49. The van der Waals surface area contributed by atoms with Crippen LogP contribution in [0, 0.1) is 5.41 Å². The van der Waals surface area contributed by atoms with Gasteiger partial charge in [0.15, 0.2) is 5.96 Å². The number of aliphatic imine (C=N–C) groups is 1. The van der Waals surface area contributed by atoms with E-state index in [1.807, 2.05) is 18.2 Å². The molecular formula is C16H26IN3O2. The molecule has 0 unspecified atom stereocenters. The molecule has 22 heavy (non-hydrogen) atoms. The average Bonchev–Trinajstić information content (AvgIpc) is 2.49. The lowest BCUT2D eigenvalue weighted by molar-refractivity contribution is -0.0971. The lowest BCUT2D eigenvalue weighted by Gasteiger charge is -2.38. The van der Waals surface area contributed by atoms with Crippen molar-refractivity contribution in [2.45, 2.75) is 13.3 Å². The van der Waals surface area contributed by atoms with Crippen LogP contribution in [0.5, 0.6) is 5.75 Å². The number of halogens is 1. The summed E-state index contributed by atoms with van der Waals surface area (Å²) in [6.07, 6.45) is 0.894. The van der Waals surface area contributed by atoms with Crippen molar-refractivity contribution in [2.24, 2.45) is 10.4 Å². The van der Waals surface area contributed by atoms with Crippen molar-refractivity contribution in [1.82, 2.24) is 10.6 Å². The van der Waals surface area contributed by atoms with Gasteiger partial charge in [-0.3, -0.25) is 4.99 Å². The lowest BCUT2D eigenvalue weighted by Crippen LogP contribution is -2.51. The van der Waals surface area contributed by atoms with Crippen molar-refractivity contribution >= 4 is 29.9 Å². The summed E-state index contributed by atoms with van der Waals surface area (Å²) >= 11 is 0. The van der Waals surface area contributed by atoms with Gasteiger partial charge in [0, 0.05) is 25.6 Å². The third-order valence-electron chi connectivity index (χ3n) is 3.69. The molecule has 0 aliphatic carbocycles. The minimum atomic E-state index is 0. The van der Waals surface area contributed by atoms with Crippen LogP contribution in [-0.2, 0) is 11.2 Å². The van der Waals surface area contributed by atoms with Gasteiger partial charge in [-0.15, -0.1) is 24.0 Å². The summed E-state index contributed by atoms with van der Waals surface area (Å²) in [4.78, 5) is 4.25. The third-order valence-corrected chi connectivity index (χ3v) is 3.69. The van der Waals surface area contributed by atoms with Crippen LogP contribution in [0.1, 0.15) is 12.5 Å². The zero-order valence-electron chi connectivity index (χ0n) is 13.5. The molecular weight excluding hydrogens is 393 g/mol. The van der Waals surface area contributed by atoms with Gasteiger partial charge in [0.1, 0.15) is 5.75 Å². The van der Waals surface area contributed by atoms with Crippen LogP contribution in [0.4, 0.5) is 0 Å². The summed E-state index contributed by atoms with van der Waals surface area (Å²) in [6, 6.07) is 8.09. The van der Waals surface area contributed by atoms with E-state index >= 15 is 0 Å². The van der Waals surface area contributed by atoms with E-state index in [1.54, 1.807) is 14.2 Å². The first-order valence-electron chi connectivity index (χ1n) is 7.31. The second-order valence-electron chi connectivity index (χ2n) is 5.72. The maximum Gasteiger partial charge on any atom is 0.191 e. The average molecular weight is 419 g/mol. The van der Waals surface area contributed by atoms with Gasteiger partial charge >= 0.3 is 0 Å². The van der Waals surface area contributed by atoms with Gasteiger partial charge in [-0.1, -0.05) is 25.1 Å². The van der Waals surface area contributed by atoms with Crippen LogP contribution in [0.2, 0.25) is 0 Å². The van der Waals surface area contributed by atoms with Gasteiger partial charge in [0.05, 0.1) is 20.3 Å². The normalized spacial score (nSPS) is 16.2. The first-order valence-corrected chi connectivity index (χ1v) is 7.31. The van der Waals surface area contributed by atoms with Crippen LogP contribution < -0.4 is 15.4 Å². The van der Waals surface area contributed by atoms with Gasteiger partial charge in [-0.25, -0.2) is 0 Å². The number of para-hydroxylation sites is 1. The highest BCUT2D eigenvalue weighted by atomic mass is 127. The second-order valence-corrected chi connectivity index (χ2v) is 5.72. The third kappa shape index (κ3) is 5.31. The number of hydrogen-bond donors (Lipinski definition) is 2. The molecule has 1 fully saturated rings. The van der Waals surface area contributed by atoms with Gasteiger partial charge in [-0.05, 0) is 18.1 Å². The molecule has 0 radical (unpaired) electrons. The summed E-state index contributed by atoms with van der Waals surface area (Å²) in [6.45, 7) is 5.54. The Hall–Kier alpha value is -1.02. The van der Waals surface area contributed by atoms with Gasteiger partial charge < -0.3 is 20.1 Å². The monoisotopic (exact) mass is 419 g/mol. The number of rotatable bonds is 6. The molecule has 6 heteroatoms. The molecule has 1 aliphatic rings. The number of nitrogens with zero attached hydrogens (tertiary/aromatic N) is 1. The van der Waals surface area contributed by atoms with E-state index in [9.17, 15) is 0 Å². The Labute approximate surface area is 149 Å². The van der Waals surface area contributed by atoms with E-state index in [0.717, 1.165) is 44.4 Å². The van der Waals surface area contributed by atoms with Gasteiger partial charge in [-0.2, -0.15) is 0 Å². The maximum absolute atomic E-state index is 5.36. The SMILES string of the molecule is CN=C(NCCc1ccccc1OC)NCC1(C)COC1.I. The molecule has 1 aliphatic heterocycles. The minimum Gasteiger partial charge on any atom is -0.496 e. The van der Waals surface area contributed by atoms with Gasteiger partial charge in [0.2, 0.25) is 0 Å². The molecule has 0 amide bonds. The smallest absolute Gasteiger partial charge is 0.191 e. The fraction of sp³-hybridized carbons (Fsp3) is 0.562. The lowest BCUT2D eigenvalue weighted by atomic mass is 9.89. The molecule has 0 bridgehead atoms. The predicted molar refractivity (Wildman–Crippen MR) is 100 cm³/mol. The zero-order valence-corrected chi connectivity index (χ0v) is 15.8. The highest BCUT2D eigenvalue weighted by Gasteiger charge is 2.33. The van der Waals surface area contributed by atoms with Crippen LogP contribution in [0.15, 0.2) is 29.3 Å². The fourth-order valence-corrected chi connectivity index (χ4v) is 2.30. The number of methoxy groups -OCH3 is 1. The Kier molecular flexibility index (Phi) is 7.95. The summed E-state index contributed by atoms with van der Waals surface area (Å²) in [5.41, 5.74) is 1.43. The molecule has 0 spiro atoms. The molecule has 1 aromatic rings. The zero-order chi connectivity index (χ0) is 15.1. The molecule has 1 aromatic carbocycles. The van der Waals surface area contributed by atoms with Crippen LogP contribution in [0.25, 0.3) is 0 Å². The topological polar surface area (TPSA) is 54.9 Å². The standard InChI is InChI=1S/C16H25N3O2.HI/c1-16(11-21-12-16)10-19-15(17-2)18-9-8-13-6-4-5-7-14(13)20-3;/h4-7H,8-12H2,1-3H3,(H2,17,18,19);1H. The summed E-state index contributed by atoms with van der Waals surface area (Å²) in [5.74, 6) is 1.76. The largest absolute Gasteiger partial charge is 0.496 e. The molecule has 2 N–H and O–H groups in total. The molecule has 5 nitrogen and oxygen atoms in total. The number of hydrogen-bond acceptors (Lipinski definition) is 3. The molecule has 1 saturated heterocycles. The van der Waals surface area contributed by atoms with Crippen molar-refractivity contribution in [2.75, 3.05) is 40.5 Å². The number of guanidine groups is 1. The summed E-state index contributed by atoms with van der Waals surface area (Å²) < 4.78 is 10.6. The van der Waals surface area contributed by atoms with E-state index in [4.69, 9.17) is 9.47 Å². The Morgan fingerprint density at radius 2 is 2.05 bits per heavy atom. The van der Waals surface area contributed by atoms with Crippen molar-refractivity contribution in [3.63, 3.8) is 0 Å². The Bertz CT molecular complexity index is 490. The summed E-state index contributed by atoms with van der Waals surface area (Å²) in [5, 5.41) is 6.69. The van der Waals surface area contributed by atoms with Crippen LogP contribution in [0.3, 0.4) is 0 Å². The Balaban J connectivity index is 0.00000242. The predicted octanol–water partition coefficient (Wildman–Crippen LogP) is 2.06. The fourth-order valence-electron chi connectivity index (χ4n) is 2.30.